The molecule has 3 atom stereocenters. The lowest BCUT2D eigenvalue weighted by Crippen LogP contribution is -2.61. The number of hydrazine groups is 3. The third kappa shape index (κ3) is 2.94. The van der Waals surface area contributed by atoms with Crippen molar-refractivity contribution in [2.45, 2.75) is 39.3 Å². The Hall–Kier alpha value is -1.83. The van der Waals surface area contributed by atoms with E-state index in [1.807, 2.05) is 0 Å². The molecule has 9 N–H and O–H groups in total. The third-order valence-corrected chi connectivity index (χ3v) is 3.12. The fourth-order valence-electron chi connectivity index (χ4n) is 1.81. The molecule has 0 amide bonds. The van der Waals surface area contributed by atoms with Crippen molar-refractivity contribution in [1.29, 1.82) is 0 Å². The van der Waals surface area contributed by atoms with E-state index >= 15 is 0 Å². The molecule has 1 aromatic rings. The van der Waals surface area contributed by atoms with E-state index in [1.54, 1.807) is 0 Å². The highest BCUT2D eigenvalue weighted by Gasteiger charge is 2.23. The van der Waals surface area contributed by atoms with Crippen molar-refractivity contribution in [1.82, 2.24) is 30.0 Å². The van der Waals surface area contributed by atoms with Gasteiger partial charge in [-0.25, -0.2) is 44.4 Å². The summed E-state index contributed by atoms with van der Waals surface area (Å²) in [7, 11) is 0. The van der Waals surface area contributed by atoms with Gasteiger partial charge in [0, 0.05) is 0 Å². The summed E-state index contributed by atoms with van der Waals surface area (Å²) in [4.78, 5) is 37.0. The van der Waals surface area contributed by atoms with Crippen LogP contribution in [0.4, 0.5) is 0 Å². The van der Waals surface area contributed by atoms with Crippen LogP contribution in [-0.2, 0) is 0 Å². The molecule has 3 unspecified atom stereocenters. The molecule has 1 rings (SSSR count). The molecule has 21 heavy (non-hydrogen) atoms. The molecule has 0 aromatic carbocycles. The van der Waals surface area contributed by atoms with Gasteiger partial charge in [0.15, 0.2) is 0 Å². The summed E-state index contributed by atoms with van der Waals surface area (Å²) in [6, 6.07) is 0. The number of nitrogens with two attached hydrogens (primary N) is 3. The zero-order valence-corrected chi connectivity index (χ0v) is 12.0. The Bertz CT molecular complexity index is 539. The number of hydrogen-bond donors (Lipinski definition) is 6. The topological polar surface area (TPSA) is 180 Å². The summed E-state index contributed by atoms with van der Waals surface area (Å²) in [5.74, 6) is 15.8. The largest absolute Gasteiger partial charge is 0.339 e. The van der Waals surface area contributed by atoms with Gasteiger partial charge in [-0.15, -0.1) is 0 Å². The van der Waals surface area contributed by atoms with Gasteiger partial charge in [0.1, 0.15) is 18.5 Å². The number of nitrogens with zero attached hydrogens (tertiary/aromatic N) is 3. The van der Waals surface area contributed by atoms with Gasteiger partial charge in [0.25, 0.3) is 0 Å². The molecule has 0 spiro atoms. The quantitative estimate of drug-likeness (QED) is 0.226. The first kappa shape index (κ1) is 17.2. The highest BCUT2D eigenvalue weighted by Crippen LogP contribution is 1.96. The molecule has 120 valence electrons. The zero-order valence-electron chi connectivity index (χ0n) is 12.0. The molecule has 0 aliphatic heterocycles. The third-order valence-electron chi connectivity index (χ3n) is 3.12. The Morgan fingerprint density at radius 2 is 0.857 bits per heavy atom. The van der Waals surface area contributed by atoms with E-state index in [4.69, 9.17) is 17.5 Å². The first-order valence-electron chi connectivity index (χ1n) is 6.19. The van der Waals surface area contributed by atoms with E-state index in [1.165, 1.54) is 20.8 Å². The minimum atomic E-state index is -0.846. The minimum Gasteiger partial charge on any atom is -0.270 e. The average molecular weight is 303 g/mol. The predicted molar refractivity (Wildman–Crippen MR) is 75.3 cm³/mol. The normalized spacial score (nSPS) is 15.7. The minimum absolute atomic E-state index is 0.795. The zero-order chi connectivity index (χ0) is 16.3. The van der Waals surface area contributed by atoms with Crippen LogP contribution in [0.25, 0.3) is 0 Å². The van der Waals surface area contributed by atoms with Gasteiger partial charge in [-0.05, 0) is 20.8 Å². The molecule has 0 saturated carbocycles. The Kier molecular flexibility index (Phi) is 5.54. The van der Waals surface area contributed by atoms with Crippen molar-refractivity contribution in [2.24, 2.45) is 17.5 Å². The molecule has 1 aromatic heterocycles. The predicted octanol–water partition coefficient (Wildman–Crippen LogP) is -3.88. The van der Waals surface area contributed by atoms with Crippen LogP contribution in [0.3, 0.4) is 0 Å². The fraction of sp³-hybridized carbons (Fsp3) is 0.667. The van der Waals surface area contributed by atoms with Crippen LogP contribution in [0.2, 0.25) is 0 Å². The van der Waals surface area contributed by atoms with Crippen LogP contribution in [0.5, 0.6) is 0 Å². The highest BCUT2D eigenvalue weighted by atomic mass is 16.2. The smallest absolute Gasteiger partial charge is 0.270 e. The van der Waals surface area contributed by atoms with E-state index in [-0.39, 0.29) is 0 Å². The van der Waals surface area contributed by atoms with Crippen molar-refractivity contribution < 1.29 is 0 Å². The monoisotopic (exact) mass is 303 g/mol. The van der Waals surface area contributed by atoms with Crippen molar-refractivity contribution in [3.8, 4) is 0 Å². The molecule has 0 fully saturated rings. The van der Waals surface area contributed by atoms with Gasteiger partial charge in [-0.3, -0.25) is 17.5 Å². The Morgan fingerprint density at radius 1 is 0.667 bits per heavy atom. The van der Waals surface area contributed by atoms with Gasteiger partial charge in [0.05, 0.1) is 0 Å². The van der Waals surface area contributed by atoms with Crippen LogP contribution < -0.4 is 50.9 Å². The summed E-state index contributed by atoms with van der Waals surface area (Å²) in [5, 5.41) is 0. The summed E-state index contributed by atoms with van der Waals surface area (Å²) in [5.41, 5.74) is 4.31. The molecule has 0 aliphatic rings. The standard InChI is InChI=1S/C9H21N9O3/c1-4(13-10)16-7(19)17(5(2)14-11)9(21)18(8(16)20)6(3)15-12/h4-6,13-15H,10-12H2,1-3H3. The summed E-state index contributed by atoms with van der Waals surface area (Å²) in [6.07, 6.45) is -2.51. The van der Waals surface area contributed by atoms with Gasteiger partial charge < -0.3 is 0 Å². The maximum atomic E-state index is 12.3. The molecule has 0 radical (unpaired) electrons. The van der Waals surface area contributed by atoms with E-state index < -0.39 is 35.6 Å². The van der Waals surface area contributed by atoms with Crippen molar-refractivity contribution in [3.05, 3.63) is 31.5 Å². The maximum absolute atomic E-state index is 12.3. The highest BCUT2D eigenvalue weighted by molar-refractivity contribution is 4.84. The summed E-state index contributed by atoms with van der Waals surface area (Å²) in [6.45, 7) is 4.47. The molecule has 0 saturated heterocycles. The van der Waals surface area contributed by atoms with E-state index in [9.17, 15) is 14.4 Å². The second-order valence-corrected chi connectivity index (χ2v) is 4.49. The fourth-order valence-corrected chi connectivity index (χ4v) is 1.81. The molecule has 0 aliphatic carbocycles. The second kappa shape index (κ2) is 6.75. The summed E-state index contributed by atoms with van der Waals surface area (Å²) < 4.78 is 2.38. The van der Waals surface area contributed by atoms with Crippen molar-refractivity contribution in [3.63, 3.8) is 0 Å². The Morgan fingerprint density at radius 3 is 1.00 bits per heavy atom. The van der Waals surface area contributed by atoms with Crippen LogP contribution in [0.1, 0.15) is 39.3 Å². The van der Waals surface area contributed by atoms with Gasteiger partial charge in [-0.1, -0.05) is 0 Å². The number of nitrogens with one attached hydrogen (secondary N) is 3. The van der Waals surface area contributed by atoms with Gasteiger partial charge in [0.2, 0.25) is 0 Å². The lowest BCUT2D eigenvalue weighted by atomic mass is 10.5. The van der Waals surface area contributed by atoms with Crippen molar-refractivity contribution in [2.75, 3.05) is 0 Å². The van der Waals surface area contributed by atoms with Crippen LogP contribution in [0, 0.1) is 0 Å². The van der Waals surface area contributed by atoms with E-state index in [0.29, 0.717) is 0 Å². The van der Waals surface area contributed by atoms with Crippen molar-refractivity contribution >= 4 is 0 Å². The molecular weight excluding hydrogens is 282 g/mol. The number of aromatic nitrogens is 3. The van der Waals surface area contributed by atoms with Gasteiger partial charge in [-0.2, -0.15) is 0 Å². The molecule has 0 bridgehead atoms. The Balaban J connectivity index is 3.89. The summed E-state index contributed by atoms with van der Waals surface area (Å²) >= 11 is 0. The van der Waals surface area contributed by atoms with Crippen LogP contribution in [0.15, 0.2) is 14.4 Å². The Labute approximate surface area is 119 Å². The second-order valence-electron chi connectivity index (χ2n) is 4.49. The first-order valence-corrected chi connectivity index (χ1v) is 6.19. The molecule has 1 heterocycles. The molecular formula is C9H21N9O3. The number of rotatable bonds is 6. The first-order chi connectivity index (χ1) is 9.81. The number of hydrogen-bond acceptors (Lipinski definition) is 9. The van der Waals surface area contributed by atoms with Gasteiger partial charge >= 0.3 is 17.1 Å². The van der Waals surface area contributed by atoms with E-state index in [0.717, 1.165) is 13.7 Å². The van der Waals surface area contributed by atoms with Crippen LogP contribution in [-0.4, -0.2) is 13.7 Å². The lowest BCUT2D eigenvalue weighted by Gasteiger charge is -2.22. The molecule has 12 heteroatoms. The average Bonchev–Trinajstić information content (AvgIpc) is 2.46. The van der Waals surface area contributed by atoms with Crippen LogP contribution >= 0.6 is 0 Å². The maximum Gasteiger partial charge on any atom is 0.339 e. The SMILES string of the molecule is CC(NN)n1c(=O)n(C(C)NN)c(=O)n(C(C)NN)c1=O. The lowest BCUT2D eigenvalue weighted by molar-refractivity contribution is 0.297. The molecule has 12 nitrogen and oxygen atoms in total. The van der Waals surface area contributed by atoms with E-state index in [2.05, 4.69) is 16.3 Å².